The lowest BCUT2D eigenvalue weighted by Gasteiger charge is -2.27. The maximum atomic E-state index is 6.20. The molecule has 2 unspecified atom stereocenters. The Morgan fingerprint density at radius 2 is 1.94 bits per heavy atom. The minimum Gasteiger partial charge on any atom is -0.457 e. The van der Waals surface area contributed by atoms with Crippen LogP contribution in [0, 0.1) is 0 Å². The minimum atomic E-state index is 0.577. The number of nitrogens with zero attached hydrogens (tertiary/aromatic N) is 4. The normalized spacial score (nSPS) is 19.2. The van der Waals surface area contributed by atoms with E-state index in [2.05, 4.69) is 32.3 Å². The van der Waals surface area contributed by atoms with Gasteiger partial charge in [-0.1, -0.05) is 26.3 Å². The molecule has 7 nitrogen and oxygen atoms in total. The van der Waals surface area contributed by atoms with Crippen molar-refractivity contribution in [1.29, 1.82) is 0 Å². The van der Waals surface area contributed by atoms with Crippen molar-refractivity contribution in [3.05, 3.63) is 54.9 Å². The number of hydrogen-bond acceptors (Lipinski definition) is 8. The minimum absolute atomic E-state index is 0.577. The summed E-state index contributed by atoms with van der Waals surface area (Å²) < 4.78 is 12.8. The molecule has 0 spiro atoms. The summed E-state index contributed by atoms with van der Waals surface area (Å²) in [6.07, 6.45) is 8.92. The average Bonchev–Trinajstić information content (AvgIpc) is 3.31. The number of morpholine rings is 1. The van der Waals surface area contributed by atoms with Crippen LogP contribution in [0.25, 0.3) is 21.5 Å². The van der Waals surface area contributed by atoms with Crippen LogP contribution < -0.4 is 15.0 Å². The first kappa shape index (κ1) is 22.7. The van der Waals surface area contributed by atoms with E-state index in [0.29, 0.717) is 5.78 Å². The smallest absolute Gasteiger partial charge is 0.184 e. The van der Waals surface area contributed by atoms with Gasteiger partial charge in [0.2, 0.25) is 0 Å². The van der Waals surface area contributed by atoms with Gasteiger partial charge in [-0.15, -0.1) is 0 Å². The van der Waals surface area contributed by atoms with Gasteiger partial charge in [-0.05, 0) is 49.3 Å². The van der Waals surface area contributed by atoms with Crippen LogP contribution in [0.15, 0.2) is 54.9 Å². The second kappa shape index (κ2) is 10.4. The molecular formula is C26H28N5O2PS. The maximum Gasteiger partial charge on any atom is 0.184 e. The fourth-order valence-corrected chi connectivity index (χ4v) is 6.94. The summed E-state index contributed by atoms with van der Waals surface area (Å²) in [6.45, 7) is 3.24. The fraction of sp³-hybridized carbons (Fsp3) is 0.346. The van der Waals surface area contributed by atoms with Crippen molar-refractivity contribution >= 4 is 41.1 Å². The van der Waals surface area contributed by atoms with Gasteiger partial charge in [0.15, 0.2) is 5.13 Å². The second-order valence-electron chi connectivity index (χ2n) is 8.78. The first-order chi connectivity index (χ1) is 17.3. The molecule has 0 radical (unpaired) electrons. The van der Waals surface area contributed by atoms with Crippen molar-refractivity contribution < 1.29 is 9.47 Å². The molecule has 2 fully saturated rings. The number of pyridine rings is 2. The molecule has 2 saturated heterocycles. The molecule has 2 atom stereocenters. The van der Waals surface area contributed by atoms with E-state index in [4.69, 9.17) is 14.5 Å². The Morgan fingerprint density at radius 3 is 2.77 bits per heavy atom. The van der Waals surface area contributed by atoms with Gasteiger partial charge in [0.1, 0.15) is 17.3 Å². The van der Waals surface area contributed by atoms with Crippen molar-refractivity contribution in [2.24, 2.45) is 0 Å². The summed E-state index contributed by atoms with van der Waals surface area (Å²) >= 11 is 1.70. The number of thiazole rings is 1. The second-order valence-corrected chi connectivity index (χ2v) is 11.4. The highest BCUT2D eigenvalue weighted by molar-refractivity contribution is 7.39. The van der Waals surface area contributed by atoms with Gasteiger partial charge in [-0.3, -0.25) is 4.98 Å². The molecule has 0 bridgehead atoms. The van der Waals surface area contributed by atoms with Gasteiger partial charge in [0.05, 0.1) is 29.1 Å². The summed E-state index contributed by atoms with van der Waals surface area (Å²) in [6, 6.07) is 14.0. The standard InChI is InChI=1S/C26H28N5O2PS/c1-2-14-34-25(3-1)30-26-29-21-6-5-19(16-23(21)35-26)33-20-8-9-27-22(15-20)18-4-7-24(28-17-18)31-10-12-32-13-11-31/h4-9,15-17,25,34H,1-3,10-14H2,(H,29,30). The highest BCUT2D eigenvalue weighted by Gasteiger charge is 2.16. The van der Waals surface area contributed by atoms with E-state index in [0.717, 1.165) is 78.8 Å². The van der Waals surface area contributed by atoms with Crippen LogP contribution >= 0.6 is 19.9 Å². The molecule has 3 aromatic heterocycles. The van der Waals surface area contributed by atoms with Crippen LogP contribution in [0.5, 0.6) is 11.5 Å². The van der Waals surface area contributed by atoms with Crippen molar-refractivity contribution in [1.82, 2.24) is 15.0 Å². The molecule has 5 heterocycles. The van der Waals surface area contributed by atoms with E-state index >= 15 is 0 Å². The van der Waals surface area contributed by atoms with Gasteiger partial charge in [0.25, 0.3) is 0 Å². The number of nitrogens with one attached hydrogen (secondary N) is 1. The summed E-state index contributed by atoms with van der Waals surface area (Å²) in [5.74, 6) is 3.09. The maximum absolute atomic E-state index is 6.20. The lowest BCUT2D eigenvalue weighted by Crippen LogP contribution is -2.36. The van der Waals surface area contributed by atoms with E-state index in [1.807, 2.05) is 36.5 Å². The number of fused-ring (bicyclic) bond motifs is 1. The summed E-state index contributed by atoms with van der Waals surface area (Å²) in [5, 5.41) is 4.66. The van der Waals surface area contributed by atoms with Crippen molar-refractivity contribution in [2.45, 2.75) is 25.0 Å². The van der Waals surface area contributed by atoms with E-state index < -0.39 is 0 Å². The molecule has 1 aromatic carbocycles. The Kier molecular flexibility index (Phi) is 6.76. The molecule has 0 saturated carbocycles. The van der Waals surface area contributed by atoms with Gasteiger partial charge < -0.3 is 19.7 Å². The third-order valence-corrected chi connectivity index (χ3v) is 8.83. The highest BCUT2D eigenvalue weighted by Crippen LogP contribution is 2.36. The Bertz CT molecular complexity index is 1290. The number of ether oxygens (including phenoxy) is 2. The Morgan fingerprint density at radius 1 is 1.03 bits per heavy atom. The molecule has 180 valence electrons. The van der Waals surface area contributed by atoms with E-state index in [-0.39, 0.29) is 0 Å². The molecule has 6 rings (SSSR count). The zero-order chi connectivity index (χ0) is 23.5. The predicted octanol–water partition coefficient (Wildman–Crippen LogP) is 5.98. The first-order valence-electron chi connectivity index (χ1n) is 12.1. The Labute approximate surface area is 210 Å². The monoisotopic (exact) mass is 505 g/mol. The summed E-state index contributed by atoms with van der Waals surface area (Å²) in [5.41, 5.74) is 2.80. The van der Waals surface area contributed by atoms with Crippen molar-refractivity contribution in [3.8, 4) is 22.8 Å². The van der Waals surface area contributed by atoms with Crippen LogP contribution in [0.1, 0.15) is 19.3 Å². The van der Waals surface area contributed by atoms with Crippen LogP contribution in [-0.2, 0) is 4.74 Å². The molecule has 0 aliphatic carbocycles. The number of anilines is 2. The number of aromatic nitrogens is 3. The summed E-state index contributed by atoms with van der Waals surface area (Å²) in [4.78, 5) is 16.2. The third-order valence-electron chi connectivity index (χ3n) is 6.31. The van der Waals surface area contributed by atoms with Crippen molar-refractivity contribution in [2.75, 3.05) is 42.7 Å². The number of benzene rings is 1. The zero-order valence-electron chi connectivity index (χ0n) is 19.4. The van der Waals surface area contributed by atoms with E-state index in [1.165, 1.54) is 25.4 Å². The van der Waals surface area contributed by atoms with Crippen molar-refractivity contribution in [3.63, 3.8) is 0 Å². The molecule has 2 aliphatic rings. The van der Waals surface area contributed by atoms with Crippen LogP contribution in [-0.4, -0.2) is 53.2 Å². The predicted molar refractivity (Wildman–Crippen MR) is 145 cm³/mol. The number of rotatable bonds is 6. The average molecular weight is 506 g/mol. The SMILES string of the molecule is c1cc(Oc2ccc3nc(NC4CCCCP4)sc3c2)cc(-c2ccc(N3CCOCC3)nc2)n1. The van der Waals surface area contributed by atoms with Gasteiger partial charge in [-0.2, -0.15) is 0 Å². The lowest BCUT2D eigenvalue weighted by atomic mass is 10.2. The lowest BCUT2D eigenvalue weighted by molar-refractivity contribution is 0.122. The third kappa shape index (κ3) is 5.40. The molecule has 9 heteroatoms. The van der Waals surface area contributed by atoms with Gasteiger partial charge in [-0.25, -0.2) is 9.97 Å². The molecule has 2 aliphatic heterocycles. The van der Waals surface area contributed by atoms with Crippen LogP contribution in [0.3, 0.4) is 0 Å². The first-order valence-corrected chi connectivity index (χ1v) is 14.2. The largest absolute Gasteiger partial charge is 0.457 e. The molecule has 35 heavy (non-hydrogen) atoms. The van der Waals surface area contributed by atoms with E-state index in [1.54, 1.807) is 17.5 Å². The van der Waals surface area contributed by atoms with Crippen LogP contribution in [0.2, 0.25) is 0 Å². The molecule has 0 amide bonds. The number of hydrogen-bond donors (Lipinski definition) is 1. The molecule has 1 N–H and O–H groups in total. The topological polar surface area (TPSA) is 72.4 Å². The molecular weight excluding hydrogens is 477 g/mol. The van der Waals surface area contributed by atoms with E-state index in [9.17, 15) is 0 Å². The van der Waals surface area contributed by atoms with Crippen LogP contribution in [0.4, 0.5) is 10.9 Å². The Hall–Kier alpha value is -2.80. The molecule has 4 aromatic rings. The van der Waals surface area contributed by atoms with Gasteiger partial charge >= 0.3 is 0 Å². The highest BCUT2D eigenvalue weighted by atomic mass is 32.1. The Balaban J connectivity index is 1.15. The quantitative estimate of drug-likeness (QED) is 0.323. The zero-order valence-corrected chi connectivity index (χ0v) is 21.3. The summed E-state index contributed by atoms with van der Waals surface area (Å²) in [7, 11) is 0.984. The van der Waals surface area contributed by atoms with Gasteiger partial charge in [0, 0.05) is 49.0 Å². The fourth-order valence-electron chi connectivity index (χ4n) is 4.44.